The van der Waals surface area contributed by atoms with E-state index in [1.807, 2.05) is 6.92 Å². The number of pyridine rings is 1. The van der Waals surface area contributed by atoms with Gasteiger partial charge in [0.25, 0.3) is 0 Å². The monoisotopic (exact) mass is 344 g/mol. The molecule has 1 aromatic rings. The summed E-state index contributed by atoms with van der Waals surface area (Å²) >= 11 is 0. The van der Waals surface area contributed by atoms with E-state index in [0.717, 1.165) is 12.3 Å². The Kier molecular flexibility index (Phi) is 5.63. The van der Waals surface area contributed by atoms with Crippen LogP contribution in [-0.2, 0) is 15.8 Å². The smallest absolute Gasteiger partial charge is 0.368 e. The summed E-state index contributed by atoms with van der Waals surface area (Å²) < 4.78 is 37.2. The van der Waals surface area contributed by atoms with Crippen molar-refractivity contribution in [2.24, 2.45) is 5.92 Å². The molecule has 9 heteroatoms. The van der Waals surface area contributed by atoms with Crippen molar-refractivity contribution >= 4 is 17.6 Å². The van der Waals surface area contributed by atoms with Gasteiger partial charge in [-0.15, -0.1) is 0 Å². The molecule has 1 saturated heterocycles. The van der Waals surface area contributed by atoms with Gasteiger partial charge in [-0.05, 0) is 19.1 Å². The number of nitrogens with one attached hydrogen (secondary N) is 2. The maximum absolute atomic E-state index is 12.4. The first-order valence-electron chi connectivity index (χ1n) is 7.64. The summed E-state index contributed by atoms with van der Waals surface area (Å²) in [6.07, 6.45) is -3.44. The predicted octanol–water partition coefficient (Wildman–Crippen LogP) is 1.50. The summed E-state index contributed by atoms with van der Waals surface area (Å²) in [7, 11) is 0. The summed E-state index contributed by atoms with van der Waals surface area (Å²) in [5.41, 5.74) is -0.812. The fourth-order valence-corrected chi connectivity index (χ4v) is 2.44. The summed E-state index contributed by atoms with van der Waals surface area (Å²) in [5, 5.41) is 5.54. The van der Waals surface area contributed by atoms with Crippen LogP contribution in [0.1, 0.15) is 18.9 Å². The van der Waals surface area contributed by atoms with Crippen molar-refractivity contribution in [3.05, 3.63) is 23.9 Å². The van der Waals surface area contributed by atoms with Gasteiger partial charge < -0.3 is 15.5 Å². The highest BCUT2D eigenvalue weighted by molar-refractivity contribution is 5.89. The zero-order chi connectivity index (χ0) is 17.7. The van der Waals surface area contributed by atoms with Crippen molar-refractivity contribution < 1.29 is 22.8 Å². The van der Waals surface area contributed by atoms with E-state index >= 15 is 0 Å². The average Bonchev–Trinajstić information content (AvgIpc) is 2.92. The van der Waals surface area contributed by atoms with Crippen molar-refractivity contribution in [2.45, 2.75) is 19.5 Å². The Bertz CT molecular complexity index is 589. The Labute approximate surface area is 137 Å². The molecule has 2 amide bonds. The minimum absolute atomic E-state index is 0.0234. The van der Waals surface area contributed by atoms with E-state index in [9.17, 15) is 22.8 Å². The third-order valence-corrected chi connectivity index (χ3v) is 3.79. The molecule has 1 fully saturated rings. The van der Waals surface area contributed by atoms with Crippen molar-refractivity contribution in [3.63, 3.8) is 0 Å². The van der Waals surface area contributed by atoms with Crippen LogP contribution in [0.15, 0.2) is 18.3 Å². The number of halogens is 3. The van der Waals surface area contributed by atoms with Gasteiger partial charge in [0.05, 0.1) is 11.5 Å². The summed E-state index contributed by atoms with van der Waals surface area (Å²) in [6.45, 7) is 3.48. The molecule has 0 radical (unpaired) electrons. The van der Waals surface area contributed by atoms with Gasteiger partial charge in [0, 0.05) is 38.8 Å². The number of hydrogen-bond donors (Lipinski definition) is 2. The third-order valence-electron chi connectivity index (χ3n) is 3.79. The molecular formula is C15H19F3N4O2. The van der Waals surface area contributed by atoms with Gasteiger partial charge in [0.2, 0.25) is 11.8 Å². The van der Waals surface area contributed by atoms with E-state index < -0.39 is 11.7 Å². The summed E-state index contributed by atoms with van der Waals surface area (Å²) in [5.74, 6) is -0.265. The first kappa shape index (κ1) is 18.0. The maximum Gasteiger partial charge on any atom is 0.417 e. The first-order valence-corrected chi connectivity index (χ1v) is 7.64. The Morgan fingerprint density at radius 2 is 2.12 bits per heavy atom. The zero-order valence-electron chi connectivity index (χ0n) is 13.2. The standard InChI is InChI=1S/C15H19F3N4O2/c1-2-22-9-10(7-13(22)23)14(24)20-6-5-19-12-4-3-11(8-21-12)15(16,17)18/h3-4,8,10H,2,5-7,9H2,1H3,(H,19,21)(H,20,24). The van der Waals surface area contributed by atoms with Crippen molar-refractivity contribution in [1.82, 2.24) is 15.2 Å². The molecule has 0 aromatic carbocycles. The number of anilines is 1. The number of carbonyl (C=O) groups excluding carboxylic acids is 2. The normalized spacial score (nSPS) is 17.9. The van der Waals surface area contributed by atoms with E-state index in [1.165, 1.54) is 6.07 Å². The first-order chi connectivity index (χ1) is 11.3. The fourth-order valence-electron chi connectivity index (χ4n) is 2.44. The number of nitrogens with zero attached hydrogens (tertiary/aromatic N) is 2. The second-order valence-electron chi connectivity index (χ2n) is 5.48. The molecule has 1 aliphatic heterocycles. The van der Waals surface area contributed by atoms with Gasteiger partial charge in [-0.3, -0.25) is 9.59 Å². The van der Waals surface area contributed by atoms with Crippen LogP contribution in [0.25, 0.3) is 0 Å². The van der Waals surface area contributed by atoms with Gasteiger partial charge in [-0.2, -0.15) is 13.2 Å². The van der Waals surface area contributed by atoms with Gasteiger partial charge in [0.1, 0.15) is 5.82 Å². The van der Waals surface area contributed by atoms with Crippen LogP contribution < -0.4 is 10.6 Å². The molecule has 1 aliphatic rings. The number of alkyl halides is 3. The fraction of sp³-hybridized carbons (Fsp3) is 0.533. The lowest BCUT2D eigenvalue weighted by Gasteiger charge is -2.14. The van der Waals surface area contributed by atoms with Crippen LogP contribution in [0.2, 0.25) is 0 Å². The van der Waals surface area contributed by atoms with Crippen molar-refractivity contribution in [2.75, 3.05) is 31.5 Å². The van der Waals surface area contributed by atoms with Gasteiger partial charge in [0.15, 0.2) is 0 Å². The predicted molar refractivity (Wildman–Crippen MR) is 81.1 cm³/mol. The molecule has 132 valence electrons. The lowest BCUT2D eigenvalue weighted by molar-refractivity contribution is -0.137. The van der Waals surface area contributed by atoms with E-state index in [-0.39, 0.29) is 24.2 Å². The number of likely N-dealkylation sites (tertiary alicyclic amines) is 1. The van der Waals surface area contributed by atoms with Gasteiger partial charge in [-0.25, -0.2) is 4.98 Å². The van der Waals surface area contributed by atoms with Crippen LogP contribution in [0.4, 0.5) is 19.0 Å². The molecule has 2 N–H and O–H groups in total. The molecule has 0 aliphatic carbocycles. The minimum atomic E-state index is -4.41. The second-order valence-corrected chi connectivity index (χ2v) is 5.48. The Hall–Kier alpha value is -2.32. The Morgan fingerprint density at radius 3 is 2.67 bits per heavy atom. The Morgan fingerprint density at radius 1 is 1.38 bits per heavy atom. The number of rotatable bonds is 6. The van der Waals surface area contributed by atoms with E-state index in [4.69, 9.17) is 0 Å². The number of hydrogen-bond acceptors (Lipinski definition) is 4. The highest BCUT2D eigenvalue weighted by Gasteiger charge is 2.33. The molecule has 24 heavy (non-hydrogen) atoms. The molecule has 1 aromatic heterocycles. The molecule has 1 unspecified atom stereocenters. The highest BCUT2D eigenvalue weighted by Crippen LogP contribution is 2.28. The van der Waals surface area contributed by atoms with Crippen LogP contribution in [0, 0.1) is 5.92 Å². The van der Waals surface area contributed by atoms with Crippen LogP contribution in [0.5, 0.6) is 0 Å². The molecule has 6 nitrogen and oxygen atoms in total. The van der Waals surface area contributed by atoms with Gasteiger partial charge in [-0.1, -0.05) is 0 Å². The number of aromatic nitrogens is 1. The quantitative estimate of drug-likeness (QED) is 0.767. The van der Waals surface area contributed by atoms with Gasteiger partial charge >= 0.3 is 6.18 Å². The molecule has 0 saturated carbocycles. The minimum Gasteiger partial charge on any atom is -0.368 e. The molecular weight excluding hydrogens is 325 g/mol. The van der Waals surface area contributed by atoms with E-state index in [1.54, 1.807) is 4.90 Å². The van der Waals surface area contributed by atoms with Crippen molar-refractivity contribution in [1.29, 1.82) is 0 Å². The third kappa shape index (κ3) is 4.59. The lowest BCUT2D eigenvalue weighted by atomic mass is 10.1. The number of carbonyl (C=O) groups is 2. The summed E-state index contributed by atoms with van der Waals surface area (Å²) in [6, 6.07) is 2.18. The molecule has 2 rings (SSSR count). The lowest BCUT2D eigenvalue weighted by Crippen LogP contribution is -2.35. The molecule has 1 atom stereocenters. The number of amides is 2. The molecule has 0 bridgehead atoms. The SMILES string of the molecule is CCN1CC(C(=O)NCCNc2ccc(C(F)(F)F)cn2)CC1=O. The largest absolute Gasteiger partial charge is 0.417 e. The average molecular weight is 344 g/mol. The Balaban J connectivity index is 1.71. The topological polar surface area (TPSA) is 74.3 Å². The molecule has 0 spiro atoms. The van der Waals surface area contributed by atoms with Crippen LogP contribution >= 0.6 is 0 Å². The van der Waals surface area contributed by atoms with E-state index in [2.05, 4.69) is 15.6 Å². The van der Waals surface area contributed by atoms with E-state index in [0.29, 0.717) is 32.0 Å². The second kappa shape index (κ2) is 7.50. The molecule has 2 heterocycles. The maximum atomic E-state index is 12.4. The van der Waals surface area contributed by atoms with Crippen LogP contribution in [0.3, 0.4) is 0 Å². The zero-order valence-corrected chi connectivity index (χ0v) is 13.2. The van der Waals surface area contributed by atoms with Crippen LogP contribution in [-0.4, -0.2) is 47.9 Å². The summed E-state index contributed by atoms with van der Waals surface area (Å²) in [4.78, 5) is 28.8. The highest BCUT2D eigenvalue weighted by atomic mass is 19.4. The van der Waals surface area contributed by atoms with Crippen molar-refractivity contribution in [3.8, 4) is 0 Å².